The van der Waals surface area contributed by atoms with E-state index in [1.54, 1.807) is 38.4 Å². The number of hydrogen-bond donors (Lipinski definition) is 0. The van der Waals surface area contributed by atoms with Crippen molar-refractivity contribution in [1.29, 1.82) is 0 Å². The quantitative estimate of drug-likeness (QED) is 0.793. The maximum Gasteiger partial charge on any atom is 0.254 e. The first kappa shape index (κ1) is 17.4. The summed E-state index contributed by atoms with van der Waals surface area (Å²) in [6.07, 6.45) is 2.72. The van der Waals surface area contributed by atoms with E-state index in [-0.39, 0.29) is 10.8 Å². The standard InChI is InChI=1S/C16H17ClN2O3S/c1-11-4-6-13(23(3,21)22)8-14(11)16(20)19(2)10-12-5-7-15(17)18-9-12/h4-9H,10H2,1-3H3. The van der Waals surface area contributed by atoms with Gasteiger partial charge in [0.2, 0.25) is 0 Å². The van der Waals surface area contributed by atoms with E-state index in [2.05, 4.69) is 4.98 Å². The van der Waals surface area contributed by atoms with Gasteiger partial charge in [-0.1, -0.05) is 23.7 Å². The zero-order valence-electron chi connectivity index (χ0n) is 13.1. The molecule has 5 nitrogen and oxygen atoms in total. The largest absolute Gasteiger partial charge is 0.337 e. The van der Waals surface area contributed by atoms with Gasteiger partial charge in [-0.05, 0) is 36.2 Å². The first-order chi connectivity index (χ1) is 10.7. The third-order valence-corrected chi connectivity index (χ3v) is 4.76. The third-order valence-electron chi connectivity index (χ3n) is 3.42. The molecule has 0 N–H and O–H groups in total. The monoisotopic (exact) mass is 352 g/mol. The van der Waals surface area contributed by atoms with Crippen molar-refractivity contribution in [3.05, 3.63) is 58.4 Å². The lowest BCUT2D eigenvalue weighted by atomic mass is 10.1. The molecule has 122 valence electrons. The molecule has 0 saturated carbocycles. The third kappa shape index (κ3) is 4.30. The number of nitrogens with zero attached hydrogens (tertiary/aromatic N) is 2. The predicted molar refractivity (Wildman–Crippen MR) is 89.3 cm³/mol. The molecular formula is C16H17ClN2O3S. The van der Waals surface area contributed by atoms with Crippen molar-refractivity contribution in [2.24, 2.45) is 0 Å². The lowest BCUT2D eigenvalue weighted by molar-refractivity contribution is 0.0784. The molecular weight excluding hydrogens is 336 g/mol. The normalized spacial score (nSPS) is 11.3. The van der Waals surface area contributed by atoms with Gasteiger partial charge in [-0.3, -0.25) is 4.79 Å². The van der Waals surface area contributed by atoms with Crippen LogP contribution in [0, 0.1) is 6.92 Å². The molecule has 1 heterocycles. The van der Waals surface area contributed by atoms with E-state index in [0.717, 1.165) is 17.4 Å². The number of sulfone groups is 1. The summed E-state index contributed by atoms with van der Waals surface area (Å²) in [7, 11) is -1.70. The minimum atomic E-state index is -3.36. The number of pyridine rings is 1. The van der Waals surface area contributed by atoms with Gasteiger partial charge in [-0.25, -0.2) is 13.4 Å². The van der Waals surface area contributed by atoms with Crippen LogP contribution in [0.3, 0.4) is 0 Å². The second kappa shape index (κ2) is 6.68. The second-order valence-corrected chi connectivity index (χ2v) is 7.80. The fraction of sp³-hybridized carbons (Fsp3) is 0.250. The van der Waals surface area contributed by atoms with Crippen molar-refractivity contribution >= 4 is 27.3 Å². The van der Waals surface area contributed by atoms with Gasteiger partial charge in [0.1, 0.15) is 5.15 Å². The zero-order valence-corrected chi connectivity index (χ0v) is 14.6. The van der Waals surface area contributed by atoms with Crippen LogP contribution in [0.4, 0.5) is 0 Å². The Balaban J connectivity index is 2.27. The van der Waals surface area contributed by atoms with E-state index in [1.807, 2.05) is 0 Å². The molecule has 0 unspecified atom stereocenters. The van der Waals surface area contributed by atoms with Crippen LogP contribution in [-0.2, 0) is 16.4 Å². The van der Waals surface area contributed by atoms with E-state index in [1.165, 1.54) is 17.0 Å². The Kier molecular flexibility index (Phi) is 5.06. The number of benzene rings is 1. The van der Waals surface area contributed by atoms with Gasteiger partial charge in [0, 0.05) is 31.6 Å². The summed E-state index contributed by atoms with van der Waals surface area (Å²) in [6, 6.07) is 8.01. The van der Waals surface area contributed by atoms with Gasteiger partial charge in [0.25, 0.3) is 5.91 Å². The average molecular weight is 353 g/mol. The number of aryl methyl sites for hydroxylation is 1. The van der Waals surface area contributed by atoms with Crippen LogP contribution in [-0.4, -0.2) is 37.5 Å². The Bertz CT molecular complexity index is 833. The zero-order chi connectivity index (χ0) is 17.2. The second-order valence-electron chi connectivity index (χ2n) is 5.40. The summed E-state index contributed by atoms with van der Waals surface area (Å²) in [6.45, 7) is 2.13. The van der Waals surface area contributed by atoms with Crippen molar-refractivity contribution in [3.63, 3.8) is 0 Å². The van der Waals surface area contributed by atoms with Gasteiger partial charge >= 0.3 is 0 Å². The highest BCUT2D eigenvalue weighted by Gasteiger charge is 2.17. The van der Waals surface area contributed by atoms with Crippen molar-refractivity contribution in [3.8, 4) is 0 Å². The Morgan fingerprint density at radius 1 is 1.26 bits per heavy atom. The van der Waals surface area contributed by atoms with E-state index < -0.39 is 9.84 Å². The topological polar surface area (TPSA) is 67.3 Å². The van der Waals surface area contributed by atoms with E-state index >= 15 is 0 Å². The van der Waals surface area contributed by atoms with Crippen LogP contribution in [0.25, 0.3) is 0 Å². The Labute approximate surface area is 140 Å². The minimum Gasteiger partial charge on any atom is -0.337 e. The smallest absolute Gasteiger partial charge is 0.254 e. The van der Waals surface area contributed by atoms with Crippen LogP contribution >= 0.6 is 11.6 Å². The summed E-state index contributed by atoms with van der Waals surface area (Å²) in [5, 5.41) is 0.388. The molecule has 0 fully saturated rings. The van der Waals surface area contributed by atoms with Crippen LogP contribution in [0.1, 0.15) is 21.5 Å². The number of aromatic nitrogens is 1. The molecule has 1 aromatic heterocycles. The molecule has 0 atom stereocenters. The van der Waals surface area contributed by atoms with Gasteiger partial charge in [0.05, 0.1) is 4.90 Å². The highest BCUT2D eigenvalue weighted by Crippen LogP contribution is 2.18. The SMILES string of the molecule is Cc1ccc(S(C)(=O)=O)cc1C(=O)N(C)Cc1ccc(Cl)nc1. The van der Waals surface area contributed by atoms with Crippen LogP contribution in [0.2, 0.25) is 5.15 Å². The number of carbonyl (C=O) groups excluding carboxylic acids is 1. The summed E-state index contributed by atoms with van der Waals surface area (Å²) in [5.74, 6) is -0.247. The number of halogens is 1. The molecule has 0 aliphatic carbocycles. The molecule has 7 heteroatoms. The maximum absolute atomic E-state index is 12.6. The van der Waals surface area contributed by atoms with Gasteiger partial charge in [0.15, 0.2) is 9.84 Å². The molecule has 0 bridgehead atoms. The molecule has 0 saturated heterocycles. The predicted octanol–water partition coefficient (Wildman–Crippen LogP) is 2.72. The molecule has 0 aliphatic heterocycles. The van der Waals surface area contributed by atoms with Crippen LogP contribution < -0.4 is 0 Å². The maximum atomic E-state index is 12.6. The first-order valence-electron chi connectivity index (χ1n) is 6.85. The Morgan fingerprint density at radius 2 is 1.96 bits per heavy atom. The van der Waals surface area contributed by atoms with Crippen LogP contribution in [0.5, 0.6) is 0 Å². The molecule has 0 radical (unpaired) electrons. The minimum absolute atomic E-state index is 0.132. The number of rotatable bonds is 4. The van der Waals surface area contributed by atoms with Crippen LogP contribution in [0.15, 0.2) is 41.4 Å². The van der Waals surface area contributed by atoms with Crippen molar-refractivity contribution in [2.45, 2.75) is 18.4 Å². The van der Waals surface area contributed by atoms with Gasteiger partial charge in [-0.15, -0.1) is 0 Å². The van der Waals surface area contributed by atoms with Crippen molar-refractivity contribution in [1.82, 2.24) is 9.88 Å². The molecule has 0 spiro atoms. The highest BCUT2D eigenvalue weighted by molar-refractivity contribution is 7.90. The van der Waals surface area contributed by atoms with E-state index in [9.17, 15) is 13.2 Å². The Morgan fingerprint density at radius 3 is 2.52 bits per heavy atom. The molecule has 2 rings (SSSR count). The molecule has 1 aromatic carbocycles. The number of hydrogen-bond acceptors (Lipinski definition) is 4. The van der Waals surface area contributed by atoms with Gasteiger partial charge in [-0.2, -0.15) is 0 Å². The first-order valence-corrected chi connectivity index (χ1v) is 9.12. The fourth-order valence-electron chi connectivity index (χ4n) is 2.11. The highest BCUT2D eigenvalue weighted by atomic mass is 35.5. The molecule has 1 amide bonds. The summed E-state index contributed by atoms with van der Waals surface area (Å²) >= 11 is 5.74. The lowest BCUT2D eigenvalue weighted by Crippen LogP contribution is -2.27. The summed E-state index contributed by atoms with van der Waals surface area (Å²) in [4.78, 5) is 18.2. The molecule has 23 heavy (non-hydrogen) atoms. The Hall–Kier alpha value is -1.92. The van der Waals surface area contributed by atoms with Crippen molar-refractivity contribution in [2.75, 3.05) is 13.3 Å². The summed E-state index contributed by atoms with van der Waals surface area (Å²) in [5.41, 5.74) is 1.93. The van der Waals surface area contributed by atoms with Crippen molar-refractivity contribution < 1.29 is 13.2 Å². The lowest BCUT2D eigenvalue weighted by Gasteiger charge is -2.19. The van der Waals surface area contributed by atoms with E-state index in [4.69, 9.17) is 11.6 Å². The van der Waals surface area contributed by atoms with E-state index in [0.29, 0.717) is 17.3 Å². The molecule has 0 aliphatic rings. The molecule has 2 aromatic rings. The number of amides is 1. The van der Waals surface area contributed by atoms with Gasteiger partial charge < -0.3 is 4.90 Å². The number of carbonyl (C=O) groups is 1. The summed E-state index contributed by atoms with van der Waals surface area (Å²) < 4.78 is 23.3. The average Bonchev–Trinajstić information content (AvgIpc) is 2.48. The fourth-order valence-corrected chi connectivity index (χ4v) is 2.87.